The second kappa shape index (κ2) is 9.85. The molecule has 3 aromatic carbocycles. The van der Waals surface area contributed by atoms with Gasteiger partial charge in [-0.2, -0.15) is 13.2 Å². The van der Waals surface area contributed by atoms with Crippen molar-refractivity contribution in [1.82, 2.24) is 4.98 Å². The average molecular weight is 486 g/mol. The molecule has 0 unspecified atom stereocenters. The Morgan fingerprint density at radius 3 is 2.47 bits per heavy atom. The molecule has 0 fully saturated rings. The first-order valence-electron chi connectivity index (χ1n) is 10.8. The molecule has 8 heteroatoms. The summed E-state index contributed by atoms with van der Waals surface area (Å²) >= 11 is 1.43. The molecule has 0 spiro atoms. The third-order valence-electron chi connectivity index (χ3n) is 5.48. The van der Waals surface area contributed by atoms with Crippen LogP contribution < -0.4 is 4.74 Å². The summed E-state index contributed by atoms with van der Waals surface area (Å²) in [6.45, 7) is 2.36. The van der Waals surface area contributed by atoms with Crippen LogP contribution in [-0.2, 0) is 30.4 Å². The van der Waals surface area contributed by atoms with Crippen molar-refractivity contribution in [2.45, 2.75) is 39.0 Å². The minimum atomic E-state index is -4.36. The molecule has 0 bridgehead atoms. The first kappa shape index (κ1) is 23.8. The third-order valence-corrected chi connectivity index (χ3v) is 6.57. The highest BCUT2D eigenvalue weighted by Crippen LogP contribution is 2.34. The molecule has 0 aliphatic heterocycles. The number of nitrogens with zero attached hydrogens (tertiary/aromatic N) is 1. The monoisotopic (exact) mass is 485 g/mol. The van der Waals surface area contributed by atoms with Gasteiger partial charge in [-0.3, -0.25) is 4.79 Å². The number of aromatic nitrogens is 1. The zero-order valence-corrected chi connectivity index (χ0v) is 19.2. The number of halogens is 3. The maximum atomic E-state index is 12.8. The largest absolute Gasteiger partial charge is 0.489 e. The van der Waals surface area contributed by atoms with Crippen LogP contribution in [0, 0.1) is 0 Å². The van der Waals surface area contributed by atoms with Crippen LogP contribution in [0.3, 0.4) is 0 Å². The number of alkyl halides is 3. The van der Waals surface area contributed by atoms with Gasteiger partial charge in [0.2, 0.25) is 0 Å². The van der Waals surface area contributed by atoms with Crippen molar-refractivity contribution in [2.75, 3.05) is 0 Å². The summed E-state index contributed by atoms with van der Waals surface area (Å²) in [6, 6.07) is 16.5. The minimum Gasteiger partial charge on any atom is -0.489 e. The topological polar surface area (TPSA) is 59.4 Å². The second-order valence-corrected chi connectivity index (χ2v) is 8.89. The van der Waals surface area contributed by atoms with Crippen molar-refractivity contribution in [2.24, 2.45) is 0 Å². The van der Waals surface area contributed by atoms with E-state index in [1.54, 1.807) is 0 Å². The van der Waals surface area contributed by atoms with Crippen LogP contribution in [0.25, 0.3) is 20.8 Å². The number of thiazole rings is 1. The van der Waals surface area contributed by atoms with Gasteiger partial charge in [-0.25, -0.2) is 4.98 Å². The van der Waals surface area contributed by atoms with Gasteiger partial charge in [0.1, 0.15) is 17.4 Å². The fourth-order valence-corrected chi connectivity index (χ4v) is 4.61. The van der Waals surface area contributed by atoms with Crippen molar-refractivity contribution in [3.05, 3.63) is 82.9 Å². The van der Waals surface area contributed by atoms with E-state index in [1.807, 2.05) is 43.3 Å². The summed E-state index contributed by atoms with van der Waals surface area (Å²) in [5.41, 5.74) is 3.72. The molecule has 4 rings (SSSR count). The summed E-state index contributed by atoms with van der Waals surface area (Å²) in [4.78, 5) is 15.5. The van der Waals surface area contributed by atoms with Gasteiger partial charge in [0.05, 0.1) is 15.8 Å². The second-order valence-electron chi connectivity index (χ2n) is 7.86. The molecule has 0 aliphatic carbocycles. The van der Waals surface area contributed by atoms with Crippen molar-refractivity contribution >= 4 is 27.5 Å². The molecular formula is C26H22F3NO3S. The molecule has 0 aliphatic rings. The molecule has 0 atom stereocenters. The van der Waals surface area contributed by atoms with E-state index in [4.69, 9.17) is 9.84 Å². The molecule has 0 saturated heterocycles. The Balaban J connectivity index is 1.47. The predicted molar refractivity (Wildman–Crippen MR) is 126 cm³/mol. The highest BCUT2D eigenvalue weighted by Gasteiger charge is 2.30. The maximum Gasteiger partial charge on any atom is 0.416 e. The number of hydrogen-bond acceptors (Lipinski definition) is 4. The quantitative estimate of drug-likeness (QED) is 0.288. The van der Waals surface area contributed by atoms with Crippen LogP contribution in [0.5, 0.6) is 5.75 Å². The van der Waals surface area contributed by atoms with E-state index in [9.17, 15) is 18.0 Å². The van der Waals surface area contributed by atoms with Gasteiger partial charge in [0, 0.05) is 12.0 Å². The summed E-state index contributed by atoms with van der Waals surface area (Å²) < 4.78 is 45.3. The Hall–Kier alpha value is -3.39. The van der Waals surface area contributed by atoms with Crippen molar-refractivity contribution in [3.8, 4) is 16.3 Å². The van der Waals surface area contributed by atoms with Crippen molar-refractivity contribution in [3.63, 3.8) is 0 Å². The summed E-state index contributed by atoms with van der Waals surface area (Å²) in [5, 5.41) is 9.57. The number of fused-ring (bicyclic) bond motifs is 1. The van der Waals surface area contributed by atoms with Crippen molar-refractivity contribution in [1.29, 1.82) is 0 Å². The van der Waals surface area contributed by atoms with E-state index in [2.05, 4.69) is 4.98 Å². The fourth-order valence-electron chi connectivity index (χ4n) is 3.66. The van der Waals surface area contributed by atoms with Gasteiger partial charge in [0.25, 0.3) is 0 Å². The third kappa shape index (κ3) is 5.56. The lowest BCUT2D eigenvalue weighted by Crippen LogP contribution is -2.03. The number of aryl methyl sites for hydroxylation is 2. The van der Waals surface area contributed by atoms with Gasteiger partial charge in [-0.05, 0) is 65.9 Å². The molecule has 1 heterocycles. The molecule has 0 saturated carbocycles. The minimum absolute atomic E-state index is 0.0926. The number of carbonyl (C=O) groups is 1. The first-order chi connectivity index (χ1) is 16.2. The summed E-state index contributed by atoms with van der Waals surface area (Å²) in [5.74, 6) is -0.110. The Kier molecular flexibility index (Phi) is 6.88. The Bertz CT molecular complexity index is 1310. The molecule has 4 nitrogen and oxygen atoms in total. The molecule has 176 valence electrons. The average Bonchev–Trinajstić information content (AvgIpc) is 3.24. The maximum absolute atomic E-state index is 12.8. The lowest BCUT2D eigenvalue weighted by Gasteiger charge is -2.11. The normalized spacial score (nSPS) is 11.6. The van der Waals surface area contributed by atoms with E-state index in [0.29, 0.717) is 29.3 Å². The number of rotatable bonds is 8. The Labute approximate surface area is 198 Å². The van der Waals surface area contributed by atoms with Crippen molar-refractivity contribution < 1.29 is 27.8 Å². The zero-order chi connectivity index (χ0) is 24.3. The highest BCUT2D eigenvalue weighted by atomic mass is 32.1. The van der Waals surface area contributed by atoms with Gasteiger partial charge < -0.3 is 9.84 Å². The number of aliphatic carboxylic acids is 1. The predicted octanol–water partition coefficient (Wildman–Crippen LogP) is 7.14. The van der Waals surface area contributed by atoms with Crippen LogP contribution in [0.1, 0.15) is 35.6 Å². The summed E-state index contributed by atoms with van der Waals surface area (Å²) in [6.07, 6.45) is -3.00. The number of benzene rings is 3. The van der Waals surface area contributed by atoms with E-state index in [-0.39, 0.29) is 6.42 Å². The zero-order valence-electron chi connectivity index (χ0n) is 18.4. The smallest absolute Gasteiger partial charge is 0.416 e. The number of hydrogen-bond donors (Lipinski definition) is 1. The van der Waals surface area contributed by atoms with Crippen LogP contribution in [0.15, 0.2) is 60.7 Å². The SMILES string of the molecule is CCc1cc(OCc2ccc3sc(-c4ccc(C(F)(F)F)cc4)nc3c2)ccc1CCC(=O)O. The van der Waals surface area contributed by atoms with Gasteiger partial charge in [-0.15, -0.1) is 11.3 Å². The molecule has 0 radical (unpaired) electrons. The molecule has 1 N–H and O–H groups in total. The standard InChI is InChI=1S/C26H22F3NO3S/c1-2-17-14-21(10-6-18(17)7-12-24(31)32)33-15-16-3-11-23-22(13-16)30-25(34-23)19-4-8-20(9-5-19)26(27,28)29/h3-6,8-11,13-14H,2,7,12,15H2,1H3,(H,31,32). The molecule has 4 aromatic rings. The highest BCUT2D eigenvalue weighted by molar-refractivity contribution is 7.21. The molecular weight excluding hydrogens is 463 g/mol. The van der Waals surface area contributed by atoms with Crippen LogP contribution in [0.4, 0.5) is 13.2 Å². The molecule has 0 amide bonds. The Morgan fingerprint density at radius 1 is 1.03 bits per heavy atom. The fraction of sp³-hybridized carbons (Fsp3) is 0.231. The molecule has 1 aromatic heterocycles. The van der Waals surface area contributed by atoms with Crippen LogP contribution in [0.2, 0.25) is 0 Å². The Morgan fingerprint density at radius 2 is 1.79 bits per heavy atom. The van der Waals surface area contributed by atoms with Crippen LogP contribution >= 0.6 is 11.3 Å². The van der Waals surface area contributed by atoms with E-state index in [0.717, 1.165) is 45.5 Å². The van der Waals surface area contributed by atoms with Gasteiger partial charge >= 0.3 is 12.1 Å². The van der Waals surface area contributed by atoms with Gasteiger partial charge in [-0.1, -0.05) is 31.2 Å². The van der Waals surface area contributed by atoms with E-state index in [1.165, 1.54) is 23.5 Å². The number of carboxylic acids is 1. The van der Waals surface area contributed by atoms with Gasteiger partial charge in [0.15, 0.2) is 0 Å². The lowest BCUT2D eigenvalue weighted by atomic mass is 10.0. The number of carboxylic acid groups (broad SMARTS) is 1. The lowest BCUT2D eigenvalue weighted by molar-refractivity contribution is -0.138. The van der Waals surface area contributed by atoms with E-state index < -0.39 is 17.7 Å². The summed E-state index contributed by atoms with van der Waals surface area (Å²) in [7, 11) is 0. The number of ether oxygens (including phenoxy) is 1. The molecule has 34 heavy (non-hydrogen) atoms. The first-order valence-corrected chi connectivity index (χ1v) is 11.6. The van der Waals surface area contributed by atoms with Crippen LogP contribution in [-0.4, -0.2) is 16.1 Å². The van der Waals surface area contributed by atoms with E-state index >= 15 is 0 Å².